The van der Waals surface area contributed by atoms with Gasteiger partial charge in [0.1, 0.15) is 23.8 Å². The molecule has 6 nitrogen and oxygen atoms in total. The van der Waals surface area contributed by atoms with Crippen LogP contribution >= 0.6 is 24.0 Å². The van der Waals surface area contributed by atoms with Crippen LogP contribution in [0.25, 0.3) is 0 Å². The van der Waals surface area contributed by atoms with Gasteiger partial charge in [0.15, 0.2) is 5.96 Å². The van der Waals surface area contributed by atoms with Crippen molar-refractivity contribution in [3.05, 3.63) is 47.9 Å². The van der Waals surface area contributed by atoms with Gasteiger partial charge in [-0.25, -0.2) is 4.99 Å². The minimum atomic E-state index is 0. The van der Waals surface area contributed by atoms with Crippen LogP contribution in [0.15, 0.2) is 46.1 Å². The van der Waals surface area contributed by atoms with Crippen molar-refractivity contribution in [3.8, 4) is 5.75 Å². The first kappa shape index (κ1) is 20.3. The highest BCUT2D eigenvalue weighted by Gasteiger charge is 2.07. The molecular formula is C17H25IN4O2. The number of guanidine groups is 1. The SMILES string of the molecule is CCNC(=NCc1ccon1)NCC(C)Oc1ccccc1C.I. The third-order valence-corrected chi connectivity index (χ3v) is 3.21. The Kier molecular flexibility index (Phi) is 9.21. The van der Waals surface area contributed by atoms with Crippen molar-refractivity contribution in [1.82, 2.24) is 15.8 Å². The Morgan fingerprint density at radius 3 is 2.75 bits per heavy atom. The molecule has 2 rings (SSSR count). The molecule has 2 N–H and O–H groups in total. The van der Waals surface area contributed by atoms with Crippen molar-refractivity contribution < 1.29 is 9.26 Å². The van der Waals surface area contributed by atoms with Gasteiger partial charge < -0.3 is 19.9 Å². The number of rotatable bonds is 7. The smallest absolute Gasteiger partial charge is 0.191 e. The number of aryl methyl sites for hydroxylation is 1. The number of benzene rings is 1. The first-order chi connectivity index (χ1) is 11.2. The number of aliphatic imine (C=N–C) groups is 1. The molecule has 1 aromatic heterocycles. The van der Waals surface area contributed by atoms with Crippen LogP contribution in [0.3, 0.4) is 0 Å². The lowest BCUT2D eigenvalue weighted by atomic mass is 10.2. The van der Waals surface area contributed by atoms with Gasteiger partial charge in [0.25, 0.3) is 0 Å². The summed E-state index contributed by atoms with van der Waals surface area (Å²) in [6.07, 6.45) is 1.57. The first-order valence-electron chi connectivity index (χ1n) is 7.82. The lowest BCUT2D eigenvalue weighted by Gasteiger charge is -2.18. The van der Waals surface area contributed by atoms with E-state index < -0.39 is 0 Å². The Labute approximate surface area is 160 Å². The zero-order valence-corrected chi connectivity index (χ0v) is 16.6. The molecule has 0 amide bonds. The van der Waals surface area contributed by atoms with E-state index in [0.717, 1.165) is 29.5 Å². The van der Waals surface area contributed by atoms with Crippen LogP contribution in [0.2, 0.25) is 0 Å². The fourth-order valence-electron chi connectivity index (χ4n) is 2.01. The van der Waals surface area contributed by atoms with E-state index in [2.05, 4.69) is 20.8 Å². The predicted octanol–water partition coefficient (Wildman–Crippen LogP) is 3.12. The van der Waals surface area contributed by atoms with Gasteiger partial charge in [-0.3, -0.25) is 0 Å². The van der Waals surface area contributed by atoms with E-state index in [9.17, 15) is 0 Å². The standard InChI is InChI=1S/C17H24N4O2.HI/c1-4-18-17(20-12-15-9-10-22-21-15)19-11-14(3)23-16-8-6-5-7-13(16)2;/h5-10,14H,4,11-12H2,1-3H3,(H2,18,19,20);1H. The Bertz CT molecular complexity index is 617. The molecule has 1 unspecified atom stereocenters. The molecule has 1 aromatic carbocycles. The second-order valence-electron chi connectivity index (χ2n) is 5.26. The van der Waals surface area contributed by atoms with Gasteiger partial charge in [0.2, 0.25) is 0 Å². The number of halogens is 1. The fraction of sp³-hybridized carbons (Fsp3) is 0.412. The molecule has 0 saturated carbocycles. The van der Waals surface area contributed by atoms with Crippen molar-refractivity contribution in [2.24, 2.45) is 4.99 Å². The fourth-order valence-corrected chi connectivity index (χ4v) is 2.01. The van der Waals surface area contributed by atoms with Gasteiger partial charge in [-0.15, -0.1) is 24.0 Å². The number of nitrogens with zero attached hydrogens (tertiary/aromatic N) is 2. The number of ether oxygens (including phenoxy) is 1. The summed E-state index contributed by atoms with van der Waals surface area (Å²) in [5.41, 5.74) is 1.93. The van der Waals surface area contributed by atoms with E-state index in [1.807, 2.05) is 45.0 Å². The summed E-state index contributed by atoms with van der Waals surface area (Å²) >= 11 is 0. The van der Waals surface area contributed by atoms with Crippen LogP contribution in [0.1, 0.15) is 25.1 Å². The molecule has 0 aliphatic rings. The van der Waals surface area contributed by atoms with E-state index in [1.54, 1.807) is 12.3 Å². The molecule has 0 radical (unpaired) electrons. The molecule has 0 aliphatic carbocycles. The van der Waals surface area contributed by atoms with E-state index >= 15 is 0 Å². The maximum Gasteiger partial charge on any atom is 0.191 e. The van der Waals surface area contributed by atoms with Gasteiger partial charge in [-0.05, 0) is 32.4 Å². The number of nitrogens with one attached hydrogen (secondary N) is 2. The third-order valence-electron chi connectivity index (χ3n) is 3.21. The number of hydrogen-bond acceptors (Lipinski definition) is 4. The van der Waals surface area contributed by atoms with Gasteiger partial charge in [-0.2, -0.15) is 0 Å². The van der Waals surface area contributed by atoms with Crippen molar-refractivity contribution in [2.45, 2.75) is 33.4 Å². The number of para-hydroxylation sites is 1. The summed E-state index contributed by atoms with van der Waals surface area (Å²) in [5.74, 6) is 1.64. The minimum Gasteiger partial charge on any atom is -0.489 e. The maximum atomic E-state index is 5.95. The number of aromatic nitrogens is 1. The Balaban J connectivity index is 0.00000288. The summed E-state index contributed by atoms with van der Waals surface area (Å²) in [6, 6.07) is 9.81. The highest BCUT2D eigenvalue weighted by Crippen LogP contribution is 2.17. The molecule has 1 atom stereocenters. The Morgan fingerprint density at radius 1 is 1.29 bits per heavy atom. The molecule has 0 bridgehead atoms. The van der Waals surface area contributed by atoms with E-state index in [-0.39, 0.29) is 30.1 Å². The van der Waals surface area contributed by atoms with Gasteiger partial charge >= 0.3 is 0 Å². The van der Waals surface area contributed by atoms with Crippen LogP contribution in [-0.4, -0.2) is 30.3 Å². The molecule has 0 aliphatic heterocycles. The van der Waals surface area contributed by atoms with Crippen LogP contribution in [0.4, 0.5) is 0 Å². The molecule has 0 spiro atoms. The lowest BCUT2D eigenvalue weighted by Crippen LogP contribution is -2.41. The molecule has 24 heavy (non-hydrogen) atoms. The van der Waals surface area contributed by atoms with Crippen molar-refractivity contribution in [3.63, 3.8) is 0 Å². The molecule has 2 aromatic rings. The predicted molar refractivity (Wildman–Crippen MR) is 106 cm³/mol. The molecule has 0 saturated heterocycles. The first-order valence-corrected chi connectivity index (χ1v) is 7.82. The van der Waals surface area contributed by atoms with Crippen LogP contribution < -0.4 is 15.4 Å². The zero-order chi connectivity index (χ0) is 16.5. The highest BCUT2D eigenvalue weighted by atomic mass is 127. The van der Waals surface area contributed by atoms with Crippen LogP contribution in [0.5, 0.6) is 5.75 Å². The average Bonchev–Trinajstić information content (AvgIpc) is 3.06. The Hall–Kier alpha value is -1.77. The largest absolute Gasteiger partial charge is 0.489 e. The lowest BCUT2D eigenvalue weighted by molar-refractivity contribution is 0.222. The van der Waals surface area contributed by atoms with Gasteiger partial charge in [0, 0.05) is 12.6 Å². The van der Waals surface area contributed by atoms with Gasteiger partial charge in [0.05, 0.1) is 13.1 Å². The van der Waals surface area contributed by atoms with Crippen LogP contribution in [0, 0.1) is 6.92 Å². The highest BCUT2D eigenvalue weighted by molar-refractivity contribution is 14.0. The molecular weight excluding hydrogens is 419 g/mol. The summed E-state index contributed by atoms with van der Waals surface area (Å²) in [7, 11) is 0. The van der Waals surface area contributed by atoms with E-state index in [0.29, 0.717) is 13.1 Å². The maximum absolute atomic E-state index is 5.95. The summed E-state index contributed by atoms with van der Waals surface area (Å²) in [6.45, 7) is 8.01. The normalized spacial score (nSPS) is 12.2. The summed E-state index contributed by atoms with van der Waals surface area (Å²) in [5, 5.41) is 10.3. The monoisotopic (exact) mass is 444 g/mol. The van der Waals surface area contributed by atoms with Gasteiger partial charge in [-0.1, -0.05) is 23.4 Å². The Morgan fingerprint density at radius 2 is 2.08 bits per heavy atom. The molecule has 132 valence electrons. The topological polar surface area (TPSA) is 71.7 Å². The van der Waals surface area contributed by atoms with Crippen LogP contribution in [-0.2, 0) is 6.54 Å². The van der Waals surface area contributed by atoms with E-state index in [1.165, 1.54) is 0 Å². The summed E-state index contributed by atoms with van der Waals surface area (Å²) < 4.78 is 10.8. The molecule has 7 heteroatoms. The average molecular weight is 444 g/mol. The minimum absolute atomic E-state index is 0. The third kappa shape index (κ3) is 6.77. The van der Waals surface area contributed by atoms with Crippen molar-refractivity contribution in [2.75, 3.05) is 13.1 Å². The van der Waals surface area contributed by atoms with E-state index in [4.69, 9.17) is 9.26 Å². The molecule has 1 heterocycles. The molecule has 0 fully saturated rings. The van der Waals surface area contributed by atoms with Crippen molar-refractivity contribution >= 4 is 29.9 Å². The number of hydrogen-bond donors (Lipinski definition) is 2. The zero-order valence-electron chi connectivity index (χ0n) is 14.3. The second-order valence-corrected chi connectivity index (χ2v) is 5.26. The summed E-state index contributed by atoms with van der Waals surface area (Å²) in [4.78, 5) is 4.47. The quantitative estimate of drug-likeness (QED) is 0.390. The second kappa shape index (κ2) is 10.9. The van der Waals surface area contributed by atoms with Crippen molar-refractivity contribution in [1.29, 1.82) is 0 Å².